The van der Waals surface area contributed by atoms with Gasteiger partial charge < -0.3 is 4.90 Å². The van der Waals surface area contributed by atoms with Crippen LogP contribution in [0.1, 0.15) is 12.0 Å². The molecule has 1 amide bonds. The number of amides is 1. The summed E-state index contributed by atoms with van der Waals surface area (Å²) in [4.78, 5) is 17.4. The van der Waals surface area contributed by atoms with Crippen molar-refractivity contribution in [3.63, 3.8) is 0 Å². The number of carbonyl (C=O) groups is 1. The minimum atomic E-state index is -0.0614. The molecule has 88 valence electrons. The third-order valence-electron chi connectivity index (χ3n) is 2.74. The first-order valence-electron chi connectivity index (χ1n) is 5.12. The Hall–Kier alpha value is -1.24. The topological polar surface area (TPSA) is 33.2 Å². The Kier molecular flexibility index (Phi) is 3.28. The van der Waals surface area contributed by atoms with Gasteiger partial charge in [-0.15, -0.1) is 12.3 Å². The third kappa shape index (κ3) is 2.24. The van der Waals surface area contributed by atoms with E-state index in [0.29, 0.717) is 23.8 Å². The van der Waals surface area contributed by atoms with Crippen molar-refractivity contribution in [1.82, 2.24) is 4.98 Å². The van der Waals surface area contributed by atoms with Crippen LogP contribution in [0.5, 0.6) is 0 Å². The number of rotatable bonds is 1. The largest absolute Gasteiger partial charge is 0.308 e. The van der Waals surface area contributed by atoms with Gasteiger partial charge in [0.1, 0.15) is 5.15 Å². The average Bonchev–Trinajstić information content (AvgIpc) is 2.59. The highest BCUT2D eigenvalue weighted by atomic mass is 35.5. The second-order valence-electron chi connectivity index (χ2n) is 3.97. The van der Waals surface area contributed by atoms with Gasteiger partial charge in [-0.1, -0.05) is 23.2 Å². The van der Waals surface area contributed by atoms with Crippen molar-refractivity contribution >= 4 is 34.8 Å². The molecule has 1 atom stereocenters. The van der Waals surface area contributed by atoms with Gasteiger partial charge in [0, 0.05) is 18.9 Å². The van der Waals surface area contributed by atoms with Crippen molar-refractivity contribution in [2.45, 2.75) is 13.3 Å². The van der Waals surface area contributed by atoms with E-state index in [9.17, 15) is 4.79 Å². The fraction of sp³-hybridized carbons (Fsp3) is 0.333. The van der Waals surface area contributed by atoms with Crippen molar-refractivity contribution in [3.05, 3.63) is 21.9 Å². The van der Waals surface area contributed by atoms with Crippen LogP contribution in [0.15, 0.2) is 6.07 Å². The monoisotopic (exact) mass is 268 g/mol. The molecule has 1 saturated heterocycles. The molecular weight excluding hydrogens is 259 g/mol. The van der Waals surface area contributed by atoms with E-state index >= 15 is 0 Å². The zero-order chi connectivity index (χ0) is 12.6. The van der Waals surface area contributed by atoms with Gasteiger partial charge in [-0.2, -0.15) is 0 Å². The first-order valence-corrected chi connectivity index (χ1v) is 5.87. The van der Waals surface area contributed by atoms with Crippen LogP contribution in [-0.2, 0) is 4.79 Å². The minimum absolute atomic E-state index is 0.0259. The van der Waals surface area contributed by atoms with Crippen molar-refractivity contribution in [1.29, 1.82) is 0 Å². The molecule has 0 bridgehead atoms. The van der Waals surface area contributed by atoms with Crippen molar-refractivity contribution in [2.75, 3.05) is 11.4 Å². The van der Waals surface area contributed by atoms with E-state index in [4.69, 9.17) is 29.6 Å². The van der Waals surface area contributed by atoms with E-state index in [2.05, 4.69) is 10.9 Å². The van der Waals surface area contributed by atoms with Crippen LogP contribution in [0.3, 0.4) is 0 Å². The van der Waals surface area contributed by atoms with Gasteiger partial charge in [0.25, 0.3) is 0 Å². The number of aromatic nitrogens is 1. The molecule has 0 N–H and O–H groups in total. The van der Waals surface area contributed by atoms with Gasteiger partial charge in [0.15, 0.2) is 5.15 Å². The Morgan fingerprint density at radius 2 is 2.29 bits per heavy atom. The Balaban J connectivity index is 2.42. The number of pyridine rings is 1. The first-order chi connectivity index (χ1) is 8.02. The van der Waals surface area contributed by atoms with Crippen molar-refractivity contribution < 1.29 is 4.79 Å². The molecule has 1 fully saturated rings. The number of carbonyl (C=O) groups excluding carboxylic acids is 1. The highest BCUT2D eigenvalue weighted by molar-refractivity contribution is 6.35. The van der Waals surface area contributed by atoms with E-state index < -0.39 is 0 Å². The highest BCUT2D eigenvalue weighted by Crippen LogP contribution is 2.34. The minimum Gasteiger partial charge on any atom is -0.308 e. The smallest absolute Gasteiger partial charge is 0.228 e. The summed E-state index contributed by atoms with van der Waals surface area (Å²) in [5, 5.41) is 0.553. The lowest BCUT2D eigenvalue weighted by molar-refractivity contribution is -0.117. The predicted octanol–water partition coefficient (Wildman–Crippen LogP) is 2.68. The van der Waals surface area contributed by atoms with Crippen molar-refractivity contribution in [3.8, 4) is 12.3 Å². The molecule has 0 spiro atoms. The van der Waals surface area contributed by atoms with E-state index in [1.807, 2.05) is 6.92 Å². The van der Waals surface area contributed by atoms with Crippen LogP contribution in [0, 0.1) is 25.2 Å². The average molecular weight is 269 g/mol. The quantitative estimate of drug-likeness (QED) is 0.580. The number of terminal acetylenes is 1. The van der Waals surface area contributed by atoms with Crippen molar-refractivity contribution in [2.24, 2.45) is 5.92 Å². The van der Waals surface area contributed by atoms with Crippen LogP contribution in [0.4, 0.5) is 5.69 Å². The molecule has 1 aliphatic rings. The summed E-state index contributed by atoms with van der Waals surface area (Å²) in [6.45, 7) is 2.32. The van der Waals surface area contributed by atoms with Gasteiger partial charge in [-0.25, -0.2) is 4.98 Å². The SMILES string of the molecule is C#CC1CC(=O)N(c2c(C)cc(Cl)nc2Cl)C1. The highest BCUT2D eigenvalue weighted by Gasteiger charge is 2.31. The van der Waals surface area contributed by atoms with Gasteiger partial charge in [0.05, 0.1) is 5.69 Å². The summed E-state index contributed by atoms with van der Waals surface area (Å²) in [7, 11) is 0. The molecule has 1 aliphatic heterocycles. The maximum absolute atomic E-state index is 11.8. The maximum atomic E-state index is 11.8. The molecule has 1 aromatic rings. The first kappa shape index (κ1) is 12.2. The zero-order valence-corrected chi connectivity index (χ0v) is 10.7. The molecule has 5 heteroatoms. The van der Waals surface area contributed by atoms with Gasteiger partial charge in [-0.05, 0) is 18.6 Å². The third-order valence-corrected chi connectivity index (χ3v) is 3.20. The Morgan fingerprint density at radius 3 is 2.82 bits per heavy atom. The normalized spacial score (nSPS) is 19.5. The molecule has 0 aliphatic carbocycles. The van der Waals surface area contributed by atoms with Crippen LogP contribution in [-0.4, -0.2) is 17.4 Å². The molecule has 2 heterocycles. The molecular formula is C12H10Cl2N2O. The fourth-order valence-corrected chi connectivity index (χ4v) is 2.58. The Morgan fingerprint density at radius 1 is 1.59 bits per heavy atom. The zero-order valence-electron chi connectivity index (χ0n) is 9.20. The maximum Gasteiger partial charge on any atom is 0.228 e. The molecule has 17 heavy (non-hydrogen) atoms. The second kappa shape index (κ2) is 4.56. The molecule has 0 saturated carbocycles. The van der Waals surface area contributed by atoms with Gasteiger partial charge in [0.2, 0.25) is 5.91 Å². The summed E-state index contributed by atoms with van der Waals surface area (Å²) in [5.41, 5.74) is 1.43. The van der Waals surface area contributed by atoms with E-state index in [0.717, 1.165) is 5.56 Å². The van der Waals surface area contributed by atoms with Crippen LogP contribution >= 0.6 is 23.2 Å². The summed E-state index contributed by atoms with van der Waals surface area (Å²) in [6.07, 6.45) is 5.69. The number of nitrogens with zero attached hydrogens (tertiary/aromatic N) is 2. The van der Waals surface area contributed by atoms with E-state index in [1.165, 1.54) is 0 Å². The lowest BCUT2D eigenvalue weighted by Gasteiger charge is -2.19. The molecule has 0 aromatic carbocycles. The lowest BCUT2D eigenvalue weighted by Crippen LogP contribution is -2.25. The number of aryl methyl sites for hydroxylation is 1. The Labute approximate surface area is 110 Å². The molecule has 2 rings (SSSR count). The number of anilines is 1. The summed E-state index contributed by atoms with van der Waals surface area (Å²) in [5.74, 6) is 2.51. The fourth-order valence-electron chi connectivity index (χ4n) is 1.95. The molecule has 0 radical (unpaired) electrons. The molecule has 3 nitrogen and oxygen atoms in total. The van der Waals surface area contributed by atoms with Gasteiger partial charge in [-0.3, -0.25) is 4.79 Å². The van der Waals surface area contributed by atoms with Gasteiger partial charge >= 0.3 is 0 Å². The predicted molar refractivity (Wildman–Crippen MR) is 68.3 cm³/mol. The number of hydrogen-bond donors (Lipinski definition) is 0. The summed E-state index contributed by atoms with van der Waals surface area (Å²) < 4.78 is 0. The van der Waals surface area contributed by atoms with Crippen LogP contribution in [0.25, 0.3) is 0 Å². The standard InChI is InChI=1S/C12H10Cl2N2O/c1-3-8-5-10(17)16(6-8)11-7(2)4-9(13)15-12(11)14/h1,4,8H,5-6H2,2H3. The lowest BCUT2D eigenvalue weighted by atomic mass is 10.1. The van der Waals surface area contributed by atoms with Crippen LogP contribution < -0.4 is 4.90 Å². The van der Waals surface area contributed by atoms with E-state index in [-0.39, 0.29) is 17.0 Å². The second-order valence-corrected chi connectivity index (χ2v) is 4.72. The molecule has 1 unspecified atom stereocenters. The number of halogens is 2. The van der Waals surface area contributed by atoms with E-state index in [1.54, 1.807) is 11.0 Å². The summed E-state index contributed by atoms with van der Waals surface area (Å²) >= 11 is 11.8. The molecule has 1 aromatic heterocycles. The summed E-state index contributed by atoms with van der Waals surface area (Å²) in [6, 6.07) is 1.68. The Bertz CT molecular complexity index is 499. The van der Waals surface area contributed by atoms with Crippen LogP contribution in [0.2, 0.25) is 10.3 Å². The number of hydrogen-bond acceptors (Lipinski definition) is 2.